The maximum absolute atomic E-state index is 5.72. The first kappa shape index (κ1) is 14.4. The molecule has 2 aliphatic heterocycles. The maximum Gasteiger partial charge on any atom is 0.119 e. The number of hydrogen-bond donors (Lipinski definition) is 1. The molecule has 2 atom stereocenters. The number of fused-ring (bicyclic) bond motifs is 1. The minimum atomic E-state index is 0.215. The van der Waals surface area contributed by atoms with Crippen molar-refractivity contribution < 1.29 is 4.74 Å². The van der Waals surface area contributed by atoms with Crippen LogP contribution in [0.15, 0.2) is 29.4 Å². The zero-order chi connectivity index (χ0) is 14.8. The van der Waals surface area contributed by atoms with Crippen LogP contribution in [0.3, 0.4) is 0 Å². The van der Waals surface area contributed by atoms with Crippen molar-refractivity contribution in [1.82, 2.24) is 10.3 Å². The van der Waals surface area contributed by atoms with Gasteiger partial charge in [-0.05, 0) is 38.1 Å². The molecule has 1 saturated heterocycles. The largest absolute Gasteiger partial charge is 0.491 e. The Labute approximate surface area is 127 Å². The molecule has 0 aliphatic carbocycles. The SMILES string of the molecule is CCN1CCC2=NNC(c3ccc(OC(C)C)cc3)C2C1. The Morgan fingerprint density at radius 1 is 1.33 bits per heavy atom. The van der Waals surface area contributed by atoms with E-state index in [1.54, 1.807) is 0 Å². The smallest absolute Gasteiger partial charge is 0.119 e. The summed E-state index contributed by atoms with van der Waals surface area (Å²) in [7, 11) is 0. The average Bonchev–Trinajstić information content (AvgIpc) is 2.90. The van der Waals surface area contributed by atoms with Crippen LogP contribution in [0.25, 0.3) is 0 Å². The van der Waals surface area contributed by atoms with E-state index in [0.717, 1.165) is 31.8 Å². The molecule has 2 unspecified atom stereocenters. The van der Waals surface area contributed by atoms with Gasteiger partial charge in [0, 0.05) is 31.1 Å². The van der Waals surface area contributed by atoms with Crippen LogP contribution in [0.1, 0.15) is 38.8 Å². The van der Waals surface area contributed by atoms with Crippen molar-refractivity contribution in [2.45, 2.75) is 39.3 Å². The molecule has 1 fully saturated rings. The minimum absolute atomic E-state index is 0.215. The molecule has 4 nitrogen and oxygen atoms in total. The van der Waals surface area contributed by atoms with Gasteiger partial charge in [-0.3, -0.25) is 0 Å². The summed E-state index contributed by atoms with van der Waals surface area (Å²) >= 11 is 0. The van der Waals surface area contributed by atoms with Crippen molar-refractivity contribution in [3.05, 3.63) is 29.8 Å². The average molecular weight is 287 g/mol. The maximum atomic E-state index is 5.72. The Hall–Kier alpha value is -1.55. The quantitative estimate of drug-likeness (QED) is 0.925. The fourth-order valence-electron chi connectivity index (χ4n) is 3.23. The monoisotopic (exact) mass is 287 g/mol. The number of hydrogen-bond acceptors (Lipinski definition) is 4. The molecule has 0 bridgehead atoms. The molecule has 2 heterocycles. The molecule has 0 spiro atoms. The molecule has 114 valence electrons. The number of rotatable bonds is 4. The number of ether oxygens (including phenoxy) is 1. The predicted octanol–water partition coefficient (Wildman–Crippen LogP) is 2.82. The van der Waals surface area contributed by atoms with Crippen molar-refractivity contribution in [2.75, 3.05) is 19.6 Å². The lowest BCUT2D eigenvalue weighted by Crippen LogP contribution is -2.41. The summed E-state index contributed by atoms with van der Waals surface area (Å²) in [4.78, 5) is 2.51. The van der Waals surface area contributed by atoms with Gasteiger partial charge in [0.15, 0.2) is 0 Å². The van der Waals surface area contributed by atoms with E-state index < -0.39 is 0 Å². The van der Waals surface area contributed by atoms with E-state index in [1.165, 1.54) is 11.3 Å². The zero-order valence-corrected chi connectivity index (χ0v) is 13.2. The highest BCUT2D eigenvalue weighted by Crippen LogP contribution is 2.33. The third-order valence-electron chi connectivity index (χ3n) is 4.37. The van der Waals surface area contributed by atoms with Crippen molar-refractivity contribution in [3.63, 3.8) is 0 Å². The lowest BCUT2D eigenvalue weighted by atomic mass is 9.86. The van der Waals surface area contributed by atoms with Crippen LogP contribution >= 0.6 is 0 Å². The van der Waals surface area contributed by atoms with E-state index in [9.17, 15) is 0 Å². The Balaban J connectivity index is 1.72. The van der Waals surface area contributed by atoms with Gasteiger partial charge in [0.25, 0.3) is 0 Å². The third kappa shape index (κ3) is 3.05. The second kappa shape index (κ2) is 6.06. The Bertz CT molecular complexity index is 509. The first-order chi connectivity index (χ1) is 10.2. The number of piperidine rings is 1. The van der Waals surface area contributed by atoms with E-state index >= 15 is 0 Å². The molecule has 0 radical (unpaired) electrons. The number of hydrazone groups is 1. The topological polar surface area (TPSA) is 36.9 Å². The first-order valence-electron chi connectivity index (χ1n) is 7.98. The molecule has 0 saturated carbocycles. The van der Waals surface area contributed by atoms with E-state index in [1.807, 2.05) is 13.8 Å². The standard InChI is InChI=1S/C17H25N3O/c1-4-20-10-9-16-15(11-20)17(19-18-16)13-5-7-14(8-6-13)21-12(2)3/h5-8,12,15,17,19H,4,9-11H2,1-3H3. The molecule has 1 aromatic carbocycles. The summed E-state index contributed by atoms with van der Waals surface area (Å²) in [5.41, 5.74) is 5.98. The van der Waals surface area contributed by atoms with Crippen LogP contribution in [0, 0.1) is 5.92 Å². The summed E-state index contributed by atoms with van der Waals surface area (Å²) in [5.74, 6) is 1.45. The number of nitrogens with one attached hydrogen (secondary N) is 1. The van der Waals surface area contributed by atoms with Crippen molar-refractivity contribution in [2.24, 2.45) is 11.0 Å². The molecule has 2 aliphatic rings. The number of likely N-dealkylation sites (tertiary alicyclic amines) is 1. The Morgan fingerprint density at radius 2 is 2.10 bits per heavy atom. The van der Waals surface area contributed by atoms with Crippen LogP contribution in [0.5, 0.6) is 5.75 Å². The molecular formula is C17H25N3O. The molecule has 21 heavy (non-hydrogen) atoms. The summed E-state index contributed by atoms with van der Waals surface area (Å²) in [6.07, 6.45) is 1.31. The third-order valence-corrected chi connectivity index (χ3v) is 4.37. The molecule has 4 heteroatoms. The van der Waals surface area contributed by atoms with E-state index in [0.29, 0.717) is 12.0 Å². The van der Waals surface area contributed by atoms with Gasteiger partial charge in [-0.25, -0.2) is 0 Å². The fourth-order valence-corrected chi connectivity index (χ4v) is 3.23. The highest BCUT2D eigenvalue weighted by Gasteiger charge is 2.36. The minimum Gasteiger partial charge on any atom is -0.491 e. The summed E-state index contributed by atoms with van der Waals surface area (Å²) in [5, 5.41) is 4.56. The molecule has 1 aromatic rings. The van der Waals surface area contributed by atoms with Crippen LogP contribution < -0.4 is 10.2 Å². The van der Waals surface area contributed by atoms with Crippen molar-refractivity contribution in [3.8, 4) is 5.75 Å². The highest BCUT2D eigenvalue weighted by atomic mass is 16.5. The predicted molar refractivity (Wildman–Crippen MR) is 85.7 cm³/mol. The number of benzene rings is 1. The first-order valence-corrected chi connectivity index (χ1v) is 7.98. The van der Waals surface area contributed by atoms with Crippen LogP contribution in [0.2, 0.25) is 0 Å². The van der Waals surface area contributed by atoms with Crippen LogP contribution in [-0.2, 0) is 0 Å². The molecule has 0 aromatic heterocycles. The zero-order valence-electron chi connectivity index (χ0n) is 13.2. The van der Waals surface area contributed by atoms with Gasteiger partial charge in [-0.2, -0.15) is 5.10 Å². The van der Waals surface area contributed by atoms with E-state index in [2.05, 4.69) is 46.6 Å². The molecule has 1 N–H and O–H groups in total. The normalized spacial score (nSPS) is 25.4. The van der Waals surface area contributed by atoms with Gasteiger partial charge in [0.05, 0.1) is 12.1 Å². The van der Waals surface area contributed by atoms with Crippen molar-refractivity contribution >= 4 is 5.71 Å². The molecule has 0 amide bonds. The van der Waals surface area contributed by atoms with Gasteiger partial charge in [0.2, 0.25) is 0 Å². The van der Waals surface area contributed by atoms with Gasteiger partial charge < -0.3 is 15.1 Å². The molecule has 3 rings (SSSR count). The van der Waals surface area contributed by atoms with Crippen LogP contribution in [0.4, 0.5) is 0 Å². The van der Waals surface area contributed by atoms with Crippen LogP contribution in [-0.4, -0.2) is 36.3 Å². The van der Waals surface area contributed by atoms with E-state index in [-0.39, 0.29) is 6.10 Å². The van der Waals surface area contributed by atoms with Gasteiger partial charge in [0.1, 0.15) is 5.75 Å². The van der Waals surface area contributed by atoms with Gasteiger partial charge in [-0.1, -0.05) is 19.1 Å². The lowest BCUT2D eigenvalue weighted by molar-refractivity contribution is 0.237. The van der Waals surface area contributed by atoms with Gasteiger partial charge >= 0.3 is 0 Å². The summed E-state index contributed by atoms with van der Waals surface area (Å²) in [6.45, 7) is 9.70. The molecular weight excluding hydrogens is 262 g/mol. The van der Waals surface area contributed by atoms with Gasteiger partial charge in [-0.15, -0.1) is 0 Å². The van der Waals surface area contributed by atoms with Crippen molar-refractivity contribution in [1.29, 1.82) is 0 Å². The lowest BCUT2D eigenvalue weighted by Gasteiger charge is -2.32. The summed E-state index contributed by atoms with van der Waals surface area (Å²) < 4.78 is 5.72. The van der Waals surface area contributed by atoms with E-state index in [4.69, 9.17) is 4.74 Å². The second-order valence-corrected chi connectivity index (χ2v) is 6.20. The second-order valence-electron chi connectivity index (χ2n) is 6.20. The number of nitrogens with zero attached hydrogens (tertiary/aromatic N) is 2. The highest BCUT2D eigenvalue weighted by molar-refractivity contribution is 5.89. The Morgan fingerprint density at radius 3 is 2.76 bits per heavy atom. The summed E-state index contributed by atoms with van der Waals surface area (Å²) in [6, 6.07) is 8.77. The fraction of sp³-hybridized carbons (Fsp3) is 0.588. The Kier molecular flexibility index (Phi) is 4.15.